The Kier molecular flexibility index (Phi) is 8.93. The van der Waals surface area contributed by atoms with E-state index < -0.39 is 8.53 Å². The van der Waals surface area contributed by atoms with Crippen LogP contribution in [0.4, 0.5) is 0 Å². The topological polar surface area (TPSA) is 66.5 Å². The maximum Gasteiger partial charge on any atom is 0.247 e. The van der Waals surface area contributed by atoms with E-state index in [1.807, 2.05) is 21.6 Å². The molecule has 0 bridgehead atoms. The van der Waals surface area contributed by atoms with E-state index >= 15 is 0 Å². The van der Waals surface area contributed by atoms with Crippen molar-refractivity contribution in [2.45, 2.75) is 12.8 Å². The van der Waals surface area contributed by atoms with Gasteiger partial charge in [0.15, 0.2) is 0 Å². The standard InChI is InChI=1S/C4H8S2.H4NO2P/c1-2-4-6-5-3-1;1-4(2)3/h1-4H2;2-3H,1H2. The zero-order chi connectivity index (χ0) is 7.82. The van der Waals surface area contributed by atoms with E-state index in [2.05, 4.69) is 5.50 Å². The van der Waals surface area contributed by atoms with Crippen molar-refractivity contribution in [3.05, 3.63) is 0 Å². The van der Waals surface area contributed by atoms with Crippen molar-refractivity contribution >= 4 is 30.1 Å². The smallest absolute Gasteiger partial charge is 0.247 e. The van der Waals surface area contributed by atoms with Crippen molar-refractivity contribution < 1.29 is 9.79 Å². The lowest BCUT2D eigenvalue weighted by Crippen LogP contribution is -1.86. The Morgan fingerprint density at radius 2 is 1.40 bits per heavy atom. The molecule has 0 spiro atoms. The van der Waals surface area contributed by atoms with Crippen LogP contribution in [0.2, 0.25) is 0 Å². The fourth-order valence-electron chi connectivity index (χ4n) is 0.440. The first kappa shape index (κ1) is 11.0. The van der Waals surface area contributed by atoms with Crippen molar-refractivity contribution in [3.8, 4) is 0 Å². The third-order valence-electron chi connectivity index (χ3n) is 0.789. The second kappa shape index (κ2) is 8.11. The van der Waals surface area contributed by atoms with E-state index in [4.69, 9.17) is 9.79 Å². The van der Waals surface area contributed by atoms with Gasteiger partial charge in [0.05, 0.1) is 0 Å². The number of hydrogen-bond acceptors (Lipinski definition) is 5. The first-order valence-electron chi connectivity index (χ1n) is 2.90. The van der Waals surface area contributed by atoms with Gasteiger partial charge < -0.3 is 9.79 Å². The van der Waals surface area contributed by atoms with Gasteiger partial charge in [-0.3, -0.25) is 5.50 Å². The lowest BCUT2D eigenvalue weighted by Gasteiger charge is -2.04. The number of hydrogen-bond donors (Lipinski definition) is 3. The highest BCUT2D eigenvalue weighted by Gasteiger charge is 1.96. The van der Waals surface area contributed by atoms with Gasteiger partial charge in [-0.15, -0.1) is 0 Å². The molecule has 62 valence electrons. The monoisotopic (exact) mass is 201 g/mol. The molecule has 1 saturated heterocycles. The van der Waals surface area contributed by atoms with Gasteiger partial charge in [-0.25, -0.2) is 0 Å². The highest BCUT2D eigenvalue weighted by Crippen LogP contribution is 2.28. The summed E-state index contributed by atoms with van der Waals surface area (Å²) in [6.45, 7) is 0. The van der Waals surface area contributed by atoms with Gasteiger partial charge in [0.2, 0.25) is 8.53 Å². The second-order valence-electron chi connectivity index (χ2n) is 1.67. The van der Waals surface area contributed by atoms with Crippen molar-refractivity contribution in [1.29, 1.82) is 0 Å². The highest BCUT2D eigenvalue weighted by molar-refractivity contribution is 8.76. The summed E-state index contributed by atoms with van der Waals surface area (Å²) in [5.41, 5.74) is 4.29. The van der Waals surface area contributed by atoms with E-state index in [1.165, 1.54) is 24.3 Å². The SMILES string of the molecule is C1CCSSC1.NP(O)O. The van der Waals surface area contributed by atoms with Gasteiger partial charge in [-0.2, -0.15) is 0 Å². The molecule has 0 unspecified atom stereocenters. The number of rotatable bonds is 0. The molecule has 1 rings (SSSR count). The first-order chi connectivity index (χ1) is 4.73. The average Bonchev–Trinajstić information content (AvgIpc) is 1.90. The van der Waals surface area contributed by atoms with Gasteiger partial charge in [-0.1, -0.05) is 21.6 Å². The van der Waals surface area contributed by atoms with Crippen LogP contribution in [0.5, 0.6) is 0 Å². The Balaban J connectivity index is 0.000000180. The van der Waals surface area contributed by atoms with Crippen molar-refractivity contribution in [1.82, 2.24) is 0 Å². The Hall–Kier alpha value is 1.01. The van der Waals surface area contributed by atoms with E-state index in [0.29, 0.717) is 0 Å². The molecule has 0 aromatic rings. The molecule has 4 N–H and O–H groups in total. The number of nitrogens with two attached hydrogens (primary N) is 1. The molecule has 0 aromatic heterocycles. The van der Waals surface area contributed by atoms with Crippen LogP contribution < -0.4 is 5.50 Å². The van der Waals surface area contributed by atoms with Crippen LogP contribution in [0.1, 0.15) is 12.8 Å². The summed E-state index contributed by atoms with van der Waals surface area (Å²) in [7, 11) is 1.90. The summed E-state index contributed by atoms with van der Waals surface area (Å²) >= 11 is 0. The van der Waals surface area contributed by atoms with Gasteiger partial charge in [0.1, 0.15) is 0 Å². The zero-order valence-corrected chi connectivity index (χ0v) is 8.09. The summed E-state index contributed by atoms with van der Waals surface area (Å²) in [6.07, 6.45) is 2.88. The van der Waals surface area contributed by atoms with Crippen LogP contribution >= 0.6 is 30.1 Å². The molecule has 0 saturated carbocycles. The Morgan fingerprint density at radius 1 is 1.10 bits per heavy atom. The quantitative estimate of drug-likeness (QED) is 0.407. The molecule has 0 atom stereocenters. The van der Waals surface area contributed by atoms with E-state index in [-0.39, 0.29) is 0 Å². The van der Waals surface area contributed by atoms with Gasteiger partial charge in [0, 0.05) is 11.5 Å². The normalized spacial score (nSPS) is 18.0. The molecule has 1 fully saturated rings. The van der Waals surface area contributed by atoms with Crippen molar-refractivity contribution in [3.63, 3.8) is 0 Å². The Morgan fingerprint density at radius 3 is 1.50 bits per heavy atom. The van der Waals surface area contributed by atoms with E-state index in [0.717, 1.165) is 0 Å². The van der Waals surface area contributed by atoms with E-state index in [9.17, 15) is 0 Å². The summed E-state index contributed by atoms with van der Waals surface area (Å²) in [6, 6.07) is 0. The highest BCUT2D eigenvalue weighted by atomic mass is 33.1. The van der Waals surface area contributed by atoms with E-state index in [1.54, 1.807) is 0 Å². The molecule has 1 aliphatic heterocycles. The van der Waals surface area contributed by atoms with Crippen molar-refractivity contribution in [2.24, 2.45) is 5.50 Å². The first-order valence-corrected chi connectivity index (χ1v) is 6.71. The fourth-order valence-corrected chi connectivity index (χ4v) is 2.73. The molecular formula is C4H12NO2PS2. The average molecular weight is 201 g/mol. The summed E-state index contributed by atoms with van der Waals surface area (Å²) in [4.78, 5) is 14.9. The zero-order valence-electron chi connectivity index (χ0n) is 5.56. The Labute approximate surface area is 70.1 Å². The molecule has 0 aromatic carbocycles. The maximum absolute atomic E-state index is 7.45. The minimum Gasteiger partial charge on any atom is -0.338 e. The molecule has 0 amide bonds. The lowest BCUT2D eigenvalue weighted by atomic mass is 10.4. The van der Waals surface area contributed by atoms with Gasteiger partial charge >= 0.3 is 0 Å². The summed E-state index contributed by atoms with van der Waals surface area (Å²) in [5, 5.41) is 0. The molecule has 10 heavy (non-hydrogen) atoms. The third kappa shape index (κ3) is 11.8. The molecule has 1 heterocycles. The molecule has 6 heteroatoms. The van der Waals surface area contributed by atoms with Crippen LogP contribution in [-0.2, 0) is 0 Å². The minimum absolute atomic E-state index is 1.38. The lowest BCUT2D eigenvalue weighted by molar-refractivity contribution is 0.485. The second-order valence-corrected chi connectivity index (χ2v) is 5.01. The maximum atomic E-state index is 7.45. The minimum atomic E-state index is -2.12. The van der Waals surface area contributed by atoms with Crippen LogP contribution in [0.15, 0.2) is 0 Å². The van der Waals surface area contributed by atoms with Crippen LogP contribution in [0.25, 0.3) is 0 Å². The molecule has 0 aliphatic carbocycles. The largest absolute Gasteiger partial charge is 0.338 e. The predicted molar refractivity (Wildman–Crippen MR) is 49.7 cm³/mol. The molecule has 1 aliphatic rings. The van der Waals surface area contributed by atoms with Crippen LogP contribution in [-0.4, -0.2) is 21.3 Å². The van der Waals surface area contributed by atoms with Crippen LogP contribution in [0, 0.1) is 0 Å². The third-order valence-corrected chi connectivity index (χ3v) is 3.37. The van der Waals surface area contributed by atoms with Gasteiger partial charge in [0.25, 0.3) is 0 Å². The van der Waals surface area contributed by atoms with Crippen LogP contribution in [0.3, 0.4) is 0 Å². The summed E-state index contributed by atoms with van der Waals surface area (Å²) < 4.78 is 0. The molecule has 3 nitrogen and oxygen atoms in total. The molecular weight excluding hydrogens is 189 g/mol. The summed E-state index contributed by atoms with van der Waals surface area (Å²) in [5.74, 6) is 2.76. The molecule has 0 radical (unpaired) electrons. The van der Waals surface area contributed by atoms with Gasteiger partial charge in [-0.05, 0) is 12.8 Å². The predicted octanol–water partition coefficient (Wildman–Crippen LogP) is 1.32. The Bertz CT molecular complexity index is 58.0. The van der Waals surface area contributed by atoms with Crippen molar-refractivity contribution in [2.75, 3.05) is 11.5 Å². The fraction of sp³-hybridized carbons (Fsp3) is 1.00.